The van der Waals surface area contributed by atoms with Crippen molar-refractivity contribution in [3.8, 4) is 0 Å². The highest BCUT2D eigenvalue weighted by molar-refractivity contribution is 5.09. The predicted molar refractivity (Wildman–Crippen MR) is 60.4 cm³/mol. The second-order valence-electron chi connectivity index (χ2n) is 5.38. The molecule has 1 N–H and O–H groups in total. The molecule has 1 heterocycles. The average Bonchev–Trinajstić information content (AvgIpc) is 3.07. The zero-order valence-corrected chi connectivity index (χ0v) is 10.1. The van der Waals surface area contributed by atoms with E-state index in [1.807, 2.05) is 4.57 Å². The summed E-state index contributed by atoms with van der Waals surface area (Å²) < 4.78 is 28.8. The lowest BCUT2D eigenvalue weighted by molar-refractivity contribution is -0.0421. The van der Waals surface area contributed by atoms with E-state index in [9.17, 15) is 13.9 Å². The highest BCUT2D eigenvalue weighted by atomic mass is 19.3. The van der Waals surface area contributed by atoms with Gasteiger partial charge in [-0.25, -0.2) is 8.78 Å². The topological polar surface area (TPSA) is 50.9 Å². The Labute approximate surface area is 104 Å². The monoisotopic (exact) mass is 257 g/mol. The number of hydrogen-bond donors (Lipinski definition) is 1. The number of aliphatic hydroxyl groups excluding tert-OH is 1. The van der Waals surface area contributed by atoms with E-state index < -0.39 is 5.92 Å². The summed E-state index contributed by atoms with van der Waals surface area (Å²) >= 11 is 0. The van der Waals surface area contributed by atoms with E-state index in [-0.39, 0.29) is 25.4 Å². The van der Waals surface area contributed by atoms with Crippen LogP contribution in [0.15, 0.2) is 0 Å². The minimum Gasteiger partial charge on any atom is -0.388 e. The van der Waals surface area contributed by atoms with Gasteiger partial charge in [-0.15, -0.1) is 10.2 Å². The van der Waals surface area contributed by atoms with Gasteiger partial charge in [-0.3, -0.25) is 0 Å². The molecular weight excluding hydrogens is 240 g/mol. The van der Waals surface area contributed by atoms with Gasteiger partial charge < -0.3 is 9.67 Å². The Morgan fingerprint density at radius 1 is 1.28 bits per heavy atom. The number of aromatic nitrogens is 3. The van der Waals surface area contributed by atoms with Crippen molar-refractivity contribution in [1.29, 1.82) is 0 Å². The van der Waals surface area contributed by atoms with Crippen LogP contribution in [0.25, 0.3) is 0 Å². The molecule has 0 aliphatic heterocycles. The molecule has 2 aliphatic carbocycles. The maximum absolute atomic E-state index is 13.5. The summed E-state index contributed by atoms with van der Waals surface area (Å²) in [6.45, 7) is -0.174. The van der Waals surface area contributed by atoms with Crippen LogP contribution in [0.5, 0.6) is 0 Å². The Morgan fingerprint density at radius 2 is 2.06 bits per heavy atom. The molecule has 1 aromatic rings. The number of halogens is 2. The standard InChI is InChI=1S/C12H17F2N3O/c13-12(14)5-1-2-8(6-12)11-16-15-10(7-18)17(11)9-3-4-9/h8-9,18H,1-7H2. The first kappa shape index (κ1) is 12.0. The van der Waals surface area contributed by atoms with Crippen LogP contribution in [-0.2, 0) is 6.61 Å². The molecular formula is C12H17F2N3O. The van der Waals surface area contributed by atoms with Gasteiger partial charge in [0.05, 0.1) is 0 Å². The normalized spacial score (nSPS) is 27.4. The molecule has 0 amide bonds. The minimum absolute atomic E-state index is 0.0199. The number of alkyl halides is 2. The second-order valence-corrected chi connectivity index (χ2v) is 5.38. The minimum atomic E-state index is -2.58. The molecule has 2 fully saturated rings. The molecule has 18 heavy (non-hydrogen) atoms. The van der Waals surface area contributed by atoms with Gasteiger partial charge in [0, 0.05) is 24.8 Å². The van der Waals surface area contributed by atoms with Crippen molar-refractivity contribution in [2.24, 2.45) is 0 Å². The lowest BCUT2D eigenvalue weighted by Crippen LogP contribution is -2.26. The van der Waals surface area contributed by atoms with E-state index in [2.05, 4.69) is 10.2 Å². The number of hydrogen-bond acceptors (Lipinski definition) is 3. The van der Waals surface area contributed by atoms with Gasteiger partial charge in [0.1, 0.15) is 12.4 Å². The van der Waals surface area contributed by atoms with Crippen molar-refractivity contribution in [3.05, 3.63) is 11.6 Å². The molecule has 0 bridgehead atoms. The predicted octanol–water partition coefficient (Wildman–Crippen LogP) is 2.40. The number of aliphatic hydroxyl groups is 1. The molecule has 3 rings (SSSR count). The molecule has 1 unspecified atom stereocenters. The van der Waals surface area contributed by atoms with Crippen LogP contribution in [0.4, 0.5) is 8.78 Å². The number of rotatable bonds is 3. The third-order valence-corrected chi connectivity index (χ3v) is 3.85. The molecule has 0 aromatic carbocycles. The highest BCUT2D eigenvalue weighted by Crippen LogP contribution is 2.44. The van der Waals surface area contributed by atoms with Gasteiger partial charge >= 0.3 is 0 Å². The maximum Gasteiger partial charge on any atom is 0.248 e. The molecule has 6 heteroatoms. The molecule has 0 saturated heterocycles. The van der Waals surface area contributed by atoms with E-state index in [0.717, 1.165) is 19.3 Å². The largest absolute Gasteiger partial charge is 0.388 e. The van der Waals surface area contributed by atoms with E-state index >= 15 is 0 Å². The fraction of sp³-hybridized carbons (Fsp3) is 0.833. The van der Waals surface area contributed by atoms with Crippen LogP contribution in [0.3, 0.4) is 0 Å². The highest BCUT2D eigenvalue weighted by Gasteiger charge is 2.40. The van der Waals surface area contributed by atoms with Crippen LogP contribution >= 0.6 is 0 Å². The summed E-state index contributed by atoms with van der Waals surface area (Å²) in [5.41, 5.74) is 0. The third-order valence-electron chi connectivity index (χ3n) is 3.85. The summed E-state index contributed by atoms with van der Waals surface area (Å²) in [4.78, 5) is 0. The van der Waals surface area contributed by atoms with Gasteiger partial charge in [-0.05, 0) is 25.7 Å². The SMILES string of the molecule is OCc1nnc(C2CCCC(F)(F)C2)n1C1CC1. The summed E-state index contributed by atoms with van der Waals surface area (Å²) in [7, 11) is 0. The van der Waals surface area contributed by atoms with Crippen molar-refractivity contribution in [2.75, 3.05) is 0 Å². The van der Waals surface area contributed by atoms with E-state index in [1.165, 1.54) is 0 Å². The Balaban J connectivity index is 1.89. The van der Waals surface area contributed by atoms with Crippen molar-refractivity contribution >= 4 is 0 Å². The lowest BCUT2D eigenvalue weighted by atomic mass is 9.86. The van der Waals surface area contributed by atoms with Crippen molar-refractivity contribution in [2.45, 2.75) is 63.0 Å². The van der Waals surface area contributed by atoms with E-state index in [4.69, 9.17) is 0 Å². The smallest absolute Gasteiger partial charge is 0.248 e. The van der Waals surface area contributed by atoms with Gasteiger partial charge in [0.15, 0.2) is 5.82 Å². The molecule has 1 aromatic heterocycles. The summed E-state index contributed by atoms with van der Waals surface area (Å²) in [6, 6.07) is 0.313. The summed E-state index contributed by atoms with van der Waals surface area (Å²) in [5.74, 6) is -1.63. The molecule has 0 radical (unpaired) electrons. The second kappa shape index (κ2) is 4.26. The third kappa shape index (κ3) is 2.13. The van der Waals surface area contributed by atoms with Crippen LogP contribution in [0.2, 0.25) is 0 Å². The fourth-order valence-corrected chi connectivity index (χ4v) is 2.85. The first-order valence-corrected chi connectivity index (χ1v) is 6.53. The zero-order valence-electron chi connectivity index (χ0n) is 10.1. The quantitative estimate of drug-likeness (QED) is 0.904. The van der Waals surface area contributed by atoms with E-state index in [1.54, 1.807) is 0 Å². The van der Waals surface area contributed by atoms with Gasteiger partial charge in [-0.2, -0.15) is 0 Å². The molecule has 4 nitrogen and oxygen atoms in total. The van der Waals surface area contributed by atoms with Crippen molar-refractivity contribution in [1.82, 2.24) is 14.8 Å². The number of nitrogens with zero attached hydrogens (tertiary/aromatic N) is 3. The molecule has 2 aliphatic rings. The van der Waals surface area contributed by atoms with Gasteiger partial charge in [0.25, 0.3) is 0 Å². The fourth-order valence-electron chi connectivity index (χ4n) is 2.85. The summed E-state index contributed by atoms with van der Waals surface area (Å²) in [6.07, 6.45) is 3.18. The summed E-state index contributed by atoms with van der Waals surface area (Å²) in [5, 5.41) is 17.2. The van der Waals surface area contributed by atoms with Crippen LogP contribution in [0, 0.1) is 0 Å². The first-order valence-electron chi connectivity index (χ1n) is 6.53. The molecule has 1 atom stereocenters. The van der Waals surface area contributed by atoms with Crippen molar-refractivity contribution in [3.63, 3.8) is 0 Å². The zero-order chi connectivity index (χ0) is 12.8. The Kier molecular flexibility index (Phi) is 2.84. The van der Waals surface area contributed by atoms with Gasteiger partial charge in [-0.1, -0.05) is 0 Å². The van der Waals surface area contributed by atoms with Crippen LogP contribution in [0.1, 0.15) is 62.1 Å². The van der Waals surface area contributed by atoms with Gasteiger partial charge in [0.2, 0.25) is 5.92 Å². The Morgan fingerprint density at radius 3 is 2.67 bits per heavy atom. The van der Waals surface area contributed by atoms with Crippen LogP contribution < -0.4 is 0 Å². The van der Waals surface area contributed by atoms with Crippen molar-refractivity contribution < 1.29 is 13.9 Å². The molecule has 100 valence electrons. The Hall–Kier alpha value is -1.04. The maximum atomic E-state index is 13.5. The van der Waals surface area contributed by atoms with E-state index in [0.29, 0.717) is 24.1 Å². The first-order chi connectivity index (χ1) is 8.61. The molecule has 0 spiro atoms. The molecule has 2 saturated carbocycles. The lowest BCUT2D eigenvalue weighted by Gasteiger charge is -2.28. The Bertz CT molecular complexity index is 443. The average molecular weight is 257 g/mol. The van der Waals surface area contributed by atoms with Crippen LogP contribution in [-0.4, -0.2) is 25.8 Å².